The molecule has 1 aliphatic heterocycles. The molecular weight excluding hydrogens is 378 g/mol. The van der Waals surface area contributed by atoms with Gasteiger partial charge in [-0.15, -0.1) is 10.2 Å². The van der Waals surface area contributed by atoms with Crippen molar-refractivity contribution in [1.29, 1.82) is 0 Å². The van der Waals surface area contributed by atoms with Gasteiger partial charge in [0, 0.05) is 31.4 Å². The van der Waals surface area contributed by atoms with E-state index in [1.54, 1.807) is 10.9 Å². The molecule has 8 heteroatoms. The van der Waals surface area contributed by atoms with E-state index >= 15 is 0 Å². The van der Waals surface area contributed by atoms with Crippen molar-refractivity contribution in [3.63, 3.8) is 0 Å². The normalized spacial score (nSPS) is 16.9. The first-order valence-electron chi connectivity index (χ1n) is 10.7. The first-order chi connectivity index (χ1) is 14.7. The molecule has 1 aliphatic carbocycles. The number of nitrogens with zero attached hydrogens (tertiary/aromatic N) is 7. The number of fused-ring (bicyclic) bond motifs is 1. The number of ether oxygens (including phenoxy) is 1. The molecule has 1 fully saturated rings. The Hall–Kier alpha value is -2.87. The van der Waals surface area contributed by atoms with Crippen LogP contribution in [0.2, 0.25) is 0 Å². The molecule has 0 atom stereocenters. The molecule has 0 aromatic carbocycles. The SMILES string of the molecule is Cc1ccc(-n2nnc(C)c2COc2cc3c(nn2)CN(CC2CCC2)CC3)cn1. The predicted molar refractivity (Wildman–Crippen MR) is 111 cm³/mol. The minimum atomic E-state index is 0.327. The highest BCUT2D eigenvalue weighted by Crippen LogP contribution is 2.29. The van der Waals surface area contributed by atoms with Crippen LogP contribution in [0.15, 0.2) is 24.4 Å². The second-order valence-corrected chi connectivity index (χ2v) is 8.42. The Morgan fingerprint density at radius 3 is 2.80 bits per heavy atom. The fourth-order valence-electron chi connectivity index (χ4n) is 4.10. The van der Waals surface area contributed by atoms with E-state index < -0.39 is 0 Å². The molecule has 0 radical (unpaired) electrons. The molecule has 2 aliphatic rings. The van der Waals surface area contributed by atoms with Crippen molar-refractivity contribution in [2.75, 3.05) is 13.1 Å². The van der Waals surface area contributed by atoms with Gasteiger partial charge in [0.1, 0.15) is 12.3 Å². The lowest BCUT2D eigenvalue weighted by molar-refractivity contribution is 0.162. The maximum atomic E-state index is 5.99. The van der Waals surface area contributed by atoms with Crippen LogP contribution in [0.25, 0.3) is 5.69 Å². The van der Waals surface area contributed by atoms with Crippen molar-refractivity contribution in [3.05, 3.63) is 52.7 Å². The number of rotatable bonds is 6. The van der Waals surface area contributed by atoms with Crippen molar-refractivity contribution in [1.82, 2.24) is 35.1 Å². The molecule has 156 valence electrons. The van der Waals surface area contributed by atoms with E-state index in [4.69, 9.17) is 4.74 Å². The average molecular weight is 406 g/mol. The maximum absolute atomic E-state index is 5.99. The Morgan fingerprint density at radius 1 is 1.13 bits per heavy atom. The van der Waals surface area contributed by atoms with Gasteiger partial charge in [0.25, 0.3) is 0 Å². The van der Waals surface area contributed by atoms with Gasteiger partial charge in [0.15, 0.2) is 0 Å². The highest BCUT2D eigenvalue weighted by molar-refractivity contribution is 5.32. The van der Waals surface area contributed by atoms with E-state index in [1.807, 2.05) is 32.0 Å². The Morgan fingerprint density at radius 2 is 2.03 bits per heavy atom. The summed E-state index contributed by atoms with van der Waals surface area (Å²) in [6, 6.07) is 5.98. The lowest BCUT2D eigenvalue weighted by Crippen LogP contribution is -2.37. The molecule has 8 nitrogen and oxygen atoms in total. The maximum Gasteiger partial charge on any atom is 0.234 e. The summed E-state index contributed by atoms with van der Waals surface area (Å²) < 4.78 is 7.76. The van der Waals surface area contributed by atoms with Gasteiger partial charge in [-0.2, -0.15) is 5.10 Å². The van der Waals surface area contributed by atoms with Crippen molar-refractivity contribution in [3.8, 4) is 11.6 Å². The zero-order valence-corrected chi connectivity index (χ0v) is 17.6. The zero-order valence-electron chi connectivity index (χ0n) is 17.6. The van der Waals surface area contributed by atoms with Crippen molar-refractivity contribution in [2.24, 2.45) is 5.92 Å². The highest BCUT2D eigenvalue weighted by Gasteiger charge is 2.24. The van der Waals surface area contributed by atoms with E-state index in [9.17, 15) is 0 Å². The minimum absolute atomic E-state index is 0.327. The van der Waals surface area contributed by atoms with Crippen LogP contribution in [-0.4, -0.2) is 48.2 Å². The molecule has 4 heterocycles. The highest BCUT2D eigenvalue weighted by atomic mass is 16.5. The molecule has 1 saturated carbocycles. The summed E-state index contributed by atoms with van der Waals surface area (Å²) in [4.78, 5) is 6.87. The third-order valence-electron chi connectivity index (χ3n) is 6.20. The van der Waals surface area contributed by atoms with Gasteiger partial charge >= 0.3 is 0 Å². The number of hydrogen-bond acceptors (Lipinski definition) is 7. The average Bonchev–Trinajstić information content (AvgIpc) is 3.10. The Labute approximate surface area is 176 Å². The molecule has 0 bridgehead atoms. The van der Waals surface area contributed by atoms with Gasteiger partial charge in [-0.25, -0.2) is 4.68 Å². The molecule has 3 aromatic heterocycles. The Balaban J connectivity index is 1.26. The summed E-state index contributed by atoms with van der Waals surface area (Å²) in [5.74, 6) is 1.43. The standard InChI is InChI=1S/C22H27N7O/c1-15-6-7-19(11-23-15)29-21(16(2)24-27-29)14-30-22-10-18-8-9-28(12-17-4-3-5-17)13-20(18)25-26-22/h6-7,10-11,17H,3-5,8-9,12-14H2,1-2H3. The van der Waals surface area contributed by atoms with Crippen LogP contribution >= 0.6 is 0 Å². The van der Waals surface area contributed by atoms with Crippen LogP contribution in [0.4, 0.5) is 0 Å². The zero-order chi connectivity index (χ0) is 20.5. The first kappa shape index (κ1) is 19.1. The second kappa shape index (κ2) is 8.10. The lowest BCUT2D eigenvalue weighted by atomic mass is 9.85. The van der Waals surface area contributed by atoms with E-state index in [0.717, 1.165) is 53.9 Å². The molecule has 0 amide bonds. The van der Waals surface area contributed by atoms with Crippen molar-refractivity contribution in [2.45, 2.75) is 52.7 Å². The van der Waals surface area contributed by atoms with Crippen molar-refractivity contribution < 1.29 is 4.74 Å². The Kier molecular flexibility index (Phi) is 5.16. The Bertz CT molecular complexity index is 1030. The summed E-state index contributed by atoms with van der Waals surface area (Å²) in [6.45, 7) is 7.40. The molecular formula is C22H27N7O. The quantitative estimate of drug-likeness (QED) is 0.624. The number of pyridine rings is 1. The van der Waals surface area contributed by atoms with Gasteiger partial charge in [0.2, 0.25) is 5.88 Å². The van der Waals surface area contributed by atoms with Crippen molar-refractivity contribution >= 4 is 0 Å². The van der Waals surface area contributed by atoms with Crippen LogP contribution in [-0.2, 0) is 19.6 Å². The number of aromatic nitrogens is 6. The summed E-state index contributed by atoms with van der Waals surface area (Å²) in [5, 5.41) is 17.2. The van der Waals surface area contributed by atoms with Crippen LogP contribution in [0.5, 0.6) is 5.88 Å². The fraction of sp³-hybridized carbons (Fsp3) is 0.500. The van der Waals surface area contributed by atoms with Gasteiger partial charge < -0.3 is 4.74 Å². The van der Waals surface area contributed by atoms with E-state index in [1.165, 1.54) is 31.4 Å². The van der Waals surface area contributed by atoms with Crippen LogP contribution in [0.3, 0.4) is 0 Å². The molecule has 3 aromatic rings. The second-order valence-electron chi connectivity index (χ2n) is 8.42. The van der Waals surface area contributed by atoms with Crippen LogP contribution in [0.1, 0.15) is 47.6 Å². The summed E-state index contributed by atoms with van der Waals surface area (Å²) in [6.07, 6.45) is 6.95. The third-order valence-corrected chi connectivity index (χ3v) is 6.20. The summed E-state index contributed by atoms with van der Waals surface area (Å²) >= 11 is 0. The number of hydrogen-bond donors (Lipinski definition) is 0. The topological polar surface area (TPSA) is 81.8 Å². The molecule has 5 rings (SSSR count). The fourth-order valence-corrected chi connectivity index (χ4v) is 4.10. The first-order valence-corrected chi connectivity index (χ1v) is 10.7. The third kappa shape index (κ3) is 3.92. The molecule has 0 saturated heterocycles. The van der Waals surface area contributed by atoms with E-state index in [0.29, 0.717) is 12.5 Å². The van der Waals surface area contributed by atoms with Crippen LogP contribution < -0.4 is 4.74 Å². The largest absolute Gasteiger partial charge is 0.470 e. The lowest BCUT2D eigenvalue weighted by Gasteiger charge is -2.34. The molecule has 0 unspecified atom stereocenters. The van der Waals surface area contributed by atoms with E-state index in [2.05, 4.69) is 30.4 Å². The summed E-state index contributed by atoms with van der Waals surface area (Å²) in [7, 11) is 0. The molecule has 0 N–H and O–H groups in total. The van der Waals surface area contributed by atoms with Gasteiger partial charge in [-0.05, 0) is 56.7 Å². The monoisotopic (exact) mass is 405 g/mol. The van der Waals surface area contributed by atoms with Gasteiger partial charge in [-0.3, -0.25) is 9.88 Å². The number of aryl methyl sites for hydroxylation is 2. The predicted octanol–water partition coefficient (Wildman–Crippen LogP) is 2.81. The van der Waals surface area contributed by atoms with Gasteiger partial charge in [0.05, 0.1) is 23.3 Å². The summed E-state index contributed by atoms with van der Waals surface area (Å²) in [5.41, 5.74) is 5.87. The van der Waals surface area contributed by atoms with Gasteiger partial charge in [-0.1, -0.05) is 11.6 Å². The molecule has 0 spiro atoms. The minimum Gasteiger partial charge on any atom is -0.470 e. The molecule has 30 heavy (non-hydrogen) atoms. The van der Waals surface area contributed by atoms with Crippen LogP contribution in [0, 0.1) is 19.8 Å². The smallest absolute Gasteiger partial charge is 0.234 e. The van der Waals surface area contributed by atoms with E-state index in [-0.39, 0.29) is 0 Å².